The molecular weight excluding hydrogens is 248 g/mol. The summed E-state index contributed by atoms with van der Waals surface area (Å²) in [7, 11) is 1.53. The van der Waals surface area contributed by atoms with Crippen LogP contribution < -0.4 is 11.2 Å². The lowest BCUT2D eigenvalue weighted by Crippen LogP contribution is -2.41. The van der Waals surface area contributed by atoms with E-state index in [2.05, 4.69) is 9.97 Å². The zero-order valence-corrected chi connectivity index (χ0v) is 11.1. The molecule has 7 nitrogen and oxygen atoms in total. The van der Waals surface area contributed by atoms with Crippen LogP contribution in [0.1, 0.15) is 38.8 Å². The summed E-state index contributed by atoms with van der Waals surface area (Å²) >= 11 is 0. The van der Waals surface area contributed by atoms with Gasteiger partial charge in [-0.2, -0.15) is 0 Å². The van der Waals surface area contributed by atoms with E-state index in [9.17, 15) is 14.7 Å². The molecule has 0 saturated heterocycles. The number of aromatic amines is 1. The number of hydrogen-bond donors (Lipinski definition) is 2. The quantitative estimate of drug-likeness (QED) is 0.770. The van der Waals surface area contributed by atoms with Gasteiger partial charge in [0.25, 0.3) is 5.56 Å². The number of nitrogens with one attached hydrogen (secondary N) is 1. The molecule has 0 aliphatic heterocycles. The molecule has 2 aromatic heterocycles. The van der Waals surface area contributed by atoms with E-state index in [1.165, 1.54) is 17.9 Å². The van der Waals surface area contributed by atoms with Crippen molar-refractivity contribution in [2.24, 2.45) is 7.05 Å². The maximum Gasteiger partial charge on any atom is 0.334 e. The first-order chi connectivity index (χ1) is 9.07. The predicted octanol–water partition coefficient (Wildman–Crippen LogP) is 0.494. The van der Waals surface area contributed by atoms with Gasteiger partial charge in [0.15, 0.2) is 5.65 Å². The summed E-state index contributed by atoms with van der Waals surface area (Å²) in [5, 5.41) is 10.0. The second kappa shape index (κ2) is 5.40. The molecule has 0 fully saturated rings. The first kappa shape index (κ1) is 13.5. The van der Waals surface area contributed by atoms with Crippen LogP contribution in [-0.4, -0.2) is 24.2 Å². The molecule has 2 heterocycles. The first-order valence-corrected chi connectivity index (χ1v) is 6.40. The number of aromatic nitrogens is 4. The number of imidazole rings is 1. The smallest absolute Gasteiger partial charge is 0.334 e. The van der Waals surface area contributed by atoms with E-state index in [4.69, 9.17) is 0 Å². The average Bonchev–Trinajstić information content (AvgIpc) is 2.86. The molecule has 2 rings (SSSR count). The minimum Gasteiger partial charge on any atom is -0.373 e. The van der Waals surface area contributed by atoms with Gasteiger partial charge in [-0.25, -0.2) is 14.3 Å². The van der Waals surface area contributed by atoms with Crippen molar-refractivity contribution in [2.45, 2.75) is 38.8 Å². The Bertz CT molecular complexity index is 682. The maximum absolute atomic E-state index is 12.2. The number of aryl methyl sites for hydroxylation is 1. The van der Waals surface area contributed by atoms with E-state index in [1.54, 1.807) is 0 Å². The molecule has 19 heavy (non-hydrogen) atoms. The van der Waals surface area contributed by atoms with E-state index in [0.29, 0.717) is 12.1 Å². The van der Waals surface area contributed by atoms with Gasteiger partial charge in [-0.15, -0.1) is 0 Å². The van der Waals surface area contributed by atoms with Crippen LogP contribution in [0.3, 0.4) is 0 Å². The van der Waals surface area contributed by atoms with Gasteiger partial charge in [-0.3, -0.25) is 9.36 Å². The molecule has 2 aromatic rings. The zero-order valence-electron chi connectivity index (χ0n) is 11.1. The number of rotatable bonds is 5. The van der Waals surface area contributed by atoms with Gasteiger partial charge in [-0.1, -0.05) is 19.8 Å². The summed E-state index contributed by atoms with van der Waals surface area (Å²) in [6, 6.07) is 0. The number of fused-ring (bicyclic) bond motifs is 1. The standard InChI is InChI=1S/C12H18N4O3/c1-3-4-5-6-8(17)16-11(18)9-10(14-7-13-9)15(2)12(16)19/h7-8,17H,3-6H2,1-2H3,(H,13,14). The lowest BCUT2D eigenvalue weighted by molar-refractivity contribution is 0.0825. The predicted molar refractivity (Wildman–Crippen MR) is 71.0 cm³/mol. The molecule has 0 aliphatic rings. The summed E-state index contributed by atoms with van der Waals surface area (Å²) in [6.45, 7) is 2.05. The Morgan fingerprint density at radius 3 is 2.84 bits per heavy atom. The lowest BCUT2D eigenvalue weighted by atomic mass is 10.2. The van der Waals surface area contributed by atoms with Crippen molar-refractivity contribution in [3.05, 3.63) is 27.2 Å². The molecule has 104 valence electrons. The highest BCUT2D eigenvalue weighted by Crippen LogP contribution is 2.10. The Morgan fingerprint density at radius 1 is 1.42 bits per heavy atom. The van der Waals surface area contributed by atoms with Gasteiger partial charge in [0.1, 0.15) is 11.7 Å². The fourth-order valence-electron chi connectivity index (χ4n) is 2.13. The molecule has 0 aromatic carbocycles. The molecule has 1 unspecified atom stereocenters. The van der Waals surface area contributed by atoms with E-state index >= 15 is 0 Å². The van der Waals surface area contributed by atoms with Crippen molar-refractivity contribution >= 4 is 11.2 Å². The molecule has 0 bridgehead atoms. The van der Waals surface area contributed by atoms with E-state index in [-0.39, 0.29) is 5.52 Å². The SMILES string of the molecule is CCCCCC(O)n1c(=O)c2[nH]cnc2n(C)c1=O. The van der Waals surface area contributed by atoms with Gasteiger partial charge in [0, 0.05) is 7.05 Å². The third-order valence-electron chi connectivity index (χ3n) is 3.23. The van der Waals surface area contributed by atoms with Crippen molar-refractivity contribution in [2.75, 3.05) is 0 Å². The molecule has 2 N–H and O–H groups in total. The number of unbranched alkanes of at least 4 members (excludes halogenated alkanes) is 2. The molecule has 0 saturated carbocycles. The summed E-state index contributed by atoms with van der Waals surface area (Å²) < 4.78 is 2.15. The van der Waals surface area contributed by atoms with Gasteiger partial charge in [0.2, 0.25) is 0 Å². The summed E-state index contributed by atoms with van der Waals surface area (Å²) in [6.07, 6.45) is 3.40. The number of aliphatic hydroxyl groups is 1. The van der Waals surface area contributed by atoms with Crippen molar-refractivity contribution in [3.8, 4) is 0 Å². The number of hydrogen-bond acceptors (Lipinski definition) is 4. The molecule has 0 amide bonds. The Balaban J connectivity index is 2.48. The first-order valence-electron chi connectivity index (χ1n) is 6.40. The highest BCUT2D eigenvalue weighted by atomic mass is 16.3. The second-order valence-electron chi connectivity index (χ2n) is 4.59. The van der Waals surface area contributed by atoms with Crippen LogP contribution in [0.4, 0.5) is 0 Å². The third kappa shape index (κ3) is 2.33. The van der Waals surface area contributed by atoms with Gasteiger partial charge in [-0.05, 0) is 12.8 Å². The Labute approximate surface area is 109 Å². The number of nitrogens with zero attached hydrogens (tertiary/aromatic N) is 3. The molecule has 0 aliphatic carbocycles. The fourth-order valence-corrected chi connectivity index (χ4v) is 2.13. The lowest BCUT2D eigenvalue weighted by Gasteiger charge is -2.14. The van der Waals surface area contributed by atoms with Crippen molar-refractivity contribution in [3.63, 3.8) is 0 Å². The van der Waals surface area contributed by atoms with Crippen molar-refractivity contribution < 1.29 is 5.11 Å². The normalized spacial score (nSPS) is 13.0. The summed E-state index contributed by atoms with van der Waals surface area (Å²) in [5.74, 6) is 0. The van der Waals surface area contributed by atoms with Crippen LogP contribution in [-0.2, 0) is 7.05 Å². The van der Waals surface area contributed by atoms with Gasteiger partial charge < -0.3 is 10.1 Å². The highest BCUT2D eigenvalue weighted by Gasteiger charge is 2.18. The summed E-state index contributed by atoms with van der Waals surface area (Å²) in [4.78, 5) is 30.9. The second-order valence-corrected chi connectivity index (χ2v) is 4.59. The average molecular weight is 266 g/mol. The Kier molecular flexibility index (Phi) is 3.84. The van der Waals surface area contributed by atoms with Crippen LogP contribution in [0.2, 0.25) is 0 Å². The number of H-pyrrole nitrogens is 1. The van der Waals surface area contributed by atoms with Gasteiger partial charge in [0.05, 0.1) is 6.33 Å². The van der Waals surface area contributed by atoms with Crippen LogP contribution >= 0.6 is 0 Å². The Morgan fingerprint density at radius 2 is 2.16 bits per heavy atom. The van der Waals surface area contributed by atoms with Crippen molar-refractivity contribution in [1.82, 2.24) is 19.1 Å². The topological polar surface area (TPSA) is 92.9 Å². The monoisotopic (exact) mass is 266 g/mol. The van der Waals surface area contributed by atoms with E-state index < -0.39 is 17.5 Å². The fraction of sp³-hybridized carbons (Fsp3) is 0.583. The molecule has 7 heteroatoms. The zero-order chi connectivity index (χ0) is 14.0. The molecular formula is C12H18N4O3. The molecule has 1 atom stereocenters. The third-order valence-corrected chi connectivity index (χ3v) is 3.23. The Hall–Kier alpha value is -1.89. The van der Waals surface area contributed by atoms with E-state index in [0.717, 1.165) is 23.8 Å². The van der Waals surface area contributed by atoms with Crippen LogP contribution in [0.5, 0.6) is 0 Å². The van der Waals surface area contributed by atoms with Crippen molar-refractivity contribution in [1.29, 1.82) is 0 Å². The van der Waals surface area contributed by atoms with Gasteiger partial charge >= 0.3 is 5.69 Å². The van der Waals surface area contributed by atoms with Crippen LogP contribution in [0.15, 0.2) is 15.9 Å². The number of aliphatic hydroxyl groups excluding tert-OH is 1. The maximum atomic E-state index is 12.2. The molecule has 0 spiro atoms. The summed E-state index contributed by atoms with van der Waals surface area (Å²) in [5.41, 5.74) is -0.545. The highest BCUT2D eigenvalue weighted by molar-refractivity contribution is 5.68. The van der Waals surface area contributed by atoms with Crippen LogP contribution in [0, 0.1) is 0 Å². The largest absolute Gasteiger partial charge is 0.373 e. The minimum atomic E-state index is -1.09. The minimum absolute atomic E-state index is 0.233. The van der Waals surface area contributed by atoms with E-state index in [1.807, 2.05) is 6.92 Å². The van der Waals surface area contributed by atoms with Crippen LogP contribution in [0.25, 0.3) is 11.2 Å². The molecule has 0 radical (unpaired) electrons.